The molecule has 0 unspecified atom stereocenters. The van der Waals surface area contributed by atoms with E-state index >= 15 is 0 Å². The molecular weight excluding hydrogens is 316 g/mol. The van der Waals surface area contributed by atoms with Crippen molar-refractivity contribution in [3.8, 4) is 0 Å². The van der Waals surface area contributed by atoms with Crippen molar-refractivity contribution in [1.29, 1.82) is 0 Å². The molecule has 0 aliphatic rings. The second-order valence-corrected chi connectivity index (χ2v) is 13.3. The fourth-order valence-corrected chi connectivity index (χ4v) is 9.57. The summed E-state index contributed by atoms with van der Waals surface area (Å²) in [7, 11) is -1.96. The molecule has 3 nitrogen and oxygen atoms in total. The highest BCUT2D eigenvalue weighted by molar-refractivity contribution is 6.77. The van der Waals surface area contributed by atoms with E-state index in [4.69, 9.17) is 4.43 Å². The van der Waals surface area contributed by atoms with Crippen LogP contribution in [0.25, 0.3) is 0 Å². The van der Waals surface area contributed by atoms with Crippen molar-refractivity contribution in [1.82, 2.24) is 0 Å². The third kappa shape index (κ3) is 5.69. The fourth-order valence-electron chi connectivity index (χ4n) is 4.09. The van der Waals surface area contributed by atoms with Gasteiger partial charge in [0.1, 0.15) is 0 Å². The largest absolute Gasteiger partial charge is 0.413 e. The zero-order valence-corrected chi connectivity index (χ0v) is 17.2. The van der Waals surface area contributed by atoms with E-state index in [0.29, 0.717) is 36.1 Å². The monoisotopic (exact) mass is 352 g/mol. The number of aliphatic hydroxyl groups excluding tert-OH is 2. The first-order valence-corrected chi connectivity index (χ1v) is 11.4. The lowest BCUT2D eigenvalue weighted by Gasteiger charge is -2.42. The summed E-state index contributed by atoms with van der Waals surface area (Å²) in [5, 5.41) is 20.6. The van der Waals surface area contributed by atoms with Crippen LogP contribution >= 0.6 is 0 Å². The molecule has 1 aromatic rings. The minimum absolute atomic E-state index is 0.326. The van der Waals surface area contributed by atoms with Crippen molar-refractivity contribution in [2.45, 2.75) is 83.2 Å². The summed E-state index contributed by atoms with van der Waals surface area (Å²) in [4.78, 5) is 0. The number of rotatable bonds is 10. The summed E-state index contributed by atoms with van der Waals surface area (Å²) >= 11 is 0. The highest BCUT2D eigenvalue weighted by atomic mass is 28.4. The van der Waals surface area contributed by atoms with Gasteiger partial charge in [0, 0.05) is 6.42 Å². The summed E-state index contributed by atoms with van der Waals surface area (Å²) in [5.74, 6) is 0. The van der Waals surface area contributed by atoms with Gasteiger partial charge in [0.2, 0.25) is 0 Å². The van der Waals surface area contributed by atoms with Gasteiger partial charge in [-0.15, -0.1) is 0 Å². The average molecular weight is 353 g/mol. The van der Waals surface area contributed by atoms with Gasteiger partial charge in [0.25, 0.3) is 0 Å². The summed E-state index contributed by atoms with van der Waals surface area (Å²) in [6.07, 6.45) is -0.238. The molecule has 24 heavy (non-hydrogen) atoms. The number of aliphatic hydroxyl groups is 2. The van der Waals surface area contributed by atoms with Crippen LogP contribution in [0, 0.1) is 0 Å². The molecule has 0 heterocycles. The van der Waals surface area contributed by atoms with Gasteiger partial charge < -0.3 is 14.6 Å². The van der Waals surface area contributed by atoms with Gasteiger partial charge in [-0.05, 0) is 28.6 Å². The van der Waals surface area contributed by atoms with Gasteiger partial charge in [-0.2, -0.15) is 0 Å². The topological polar surface area (TPSA) is 49.7 Å². The van der Waals surface area contributed by atoms with Crippen molar-refractivity contribution >= 4 is 8.32 Å². The van der Waals surface area contributed by atoms with Crippen molar-refractivity contribution < 1.29 is 14.6 Å². The highest BCUT2D eigenvalue weighted by Gasteiger charge is 2.45. The van der Waals surface area contributed by atoms with E-state index in [2.05, 4.69) is 41.5 Å². The number of benzene rings is 1. The Balaban J connectivity index is 2.58. The first-order chi connectivity index (χ1) is 11.2. The molecule has 0 aromatic heterocycles. The second kappa shape index (κ2) is 9.71. The van der Waals surface area contributed by atoms with Crippen LogP contribution in [0.15, 0.2) is 30.3 Å². The van der Waals surface area contributed by atoms with Crippen LogP contribution in [0.1, 0.15) is 53.5 Å². The first kappa shape index (κ1) is 21.4. The van der Waals surface area contributed by atoms with E-state index in [1.54, 1.807) is 0 Å². The van der Waals surface area contributed by atoms with Gasteiger partial charge in [0.15, 0.2) is 8.32 Å². The quantitative estimate of drug-likeness (QED) is 0.608. The lowest BCUT2D eigenvalue weighted by molar-refractivity contribution is 0.0441. The van der Waals surface area contributed by atoms with E-state index in [1.807, 2.05) is 30.3 Å². The molecule has 0 saturated carbocycles. The Hall–Kier alpha value is -0.683. The average Bonchev–Trinajstić information content (AvgIpc) is 2.47. The van der Waals surface area contributed by atoms with Gasteiger partial charge in [-0.3, -0.25) is 0 Å². The zero-order chi connectivity index (χ0) is 18.3. The lowest BCUT2D eigenvalue weighted by atomic mass is 10.0. The van der Waals surface area contributed by atoms with Crippen molar-refractivity contribution in [3.05, 3.63) is 35.9 Å². The standard InChI is InChI=1S/C20H36O3Si/c1-15(2)24(16(3)4,17(5)6)23-14-20(22)13-19(21)12-18-10-8-7-9-11-18/h7-11,15-17,19-22H,12-14H2,1-6H3/t19-,20-/m1/s1. The Kier molecular flexibility index (Phi) is 8.64. The number of hydrogen-bond donors (Lipinski definition) is 2. The predicted octanol–water partition coefficient (Wildman–Crippen LogP) is 4.53. The van der Waals surface area contributed by atoms with Crippen LogP contribution in [0.5, 0.6) is 0 Å². The molecule has 0 aliphatic heterocycles. The van der Waals surface area contributed by atoms with Crippen molar-refractivity contribution in [3.63, 3.8) is 0 Å². The van der Waals surface area contributed by atoms with E-state index in [1.165, 1.54) is 0 Å². The van der Waals surface area contributed by atoms with E-state index in [0.717, 1.165) is 5.56 Å². The second-order valence-electron chi connectivity index (χ2n) is 7.86. The van der Waals surface area contributed by atoms with Gasteiger partial charge in [-0.25, -0.2) is 0 Å². The minimum Gasteiger partial charge on any atom is -0.413 e. The Labute approximate surface area is 149 Å². The molecular formula is C20H36O3Si. The molecule has 2 atom stereocenters. The van der Waals surface area contributed by atoms with E-state index < -0.39 is 20.5 Å². The maximum absolute atomic E-state index is 10.3. The van der Waals surface area contributed by atoms with Gasteiger partial charge in [-0.1, -0.05) is 71.9 Å². The van der Waals surface area contributed by atoms with Crippen molar-refractivity contribution in [2.24, 2.45) is 0 Å². The van der Waals surface area contributed by atoms with Crippen LogP contribution in [-0.4, -0.2) is 37.3 Å². The summed E-state index contributed by atoms with van der Waals surface area (Å²) < 4.78 is 6.40. The molecule has 0 aliphatic carbocycles. The minimum atomic E-state index is -1.96. The predicted molar refractivity (Wildman–Crippen MR) is 104 cm³/mol. The summed E-state index contributed by atoms with van der Waals surface area (Å²) in [6, 6.07) is 9.90. The summed E-state index contributed by atoms with van der Waals surface area (Å²) in [5.41, 5.74) is 2.59. The Morgan fingerprint density at radius 1 is 0.833 bits per heavy atom. The van der Waals surface area contributed by atoms with Crippen LogP contribution in [0.4, 0.5) is 0 Å². The molecule has 1 aromatic carbocycles. The van der Waals surface area contributed by atoms with E-state index in [-0.39, 0.29) is 0 Å². The SMILES string of the molecule is CC(C)[Si](OC[C@H](O)C[C@H](O)Cc1ccccc1)(C(C)C)C(C)C. The Bertz CT molecular complexity index is 437. The molecule has 0 fully saturated rings. The molecule has 4 heteroatoms. The fraction of sp³-hybridized carbons (Fsp3) is 0.700. The third-order valence-electron chi connectivity index (χ3n) is 5.09. The third-order valence-corrected chi connectivity index (χ3v) is 11.2. The molecule has 1 rings (SSSR count). The van der Waals surface area contributed by atoms with Crippen molar-refractivity contribution in [2.75, 3.05) is 6.61 Å². The summed E-state index contributed by atoms with van der Waals surface area (Å²) in [6.45, 7) is 13.8. The maximum Gasteiger partial charge on any atom is 0.200 e. The van der Waals surface area contributed by atoms with Crippen LogP contribution in [0.3, 0.4) is 0 Å². The molecule has 0 bridgehead atoms. The highest BCUT2D eigenvalue weighted by Crippen LogP contribution is 2.42. The number of hydrogen-bond acceptors (Lipinski definition) is 3. The maximum atomic E-state index is 10.3. The van der Waals surface area contributed by atoms with Gasteiger partial charge in [0.05, 0.1) is 18.8 Å². The molecule has 0 spiro atoms. The van der Waals surface area contributed by atoms with Crippen LogP contribution in [-0.2, 0) is 10.8 Å². The molecule has 0 saturated heterocycles. The molecule has 2 N–H and O–H groups in total. The molecule has 138 valence electrons. The molecule has 0 amide bonds. The smallest absolute Gasteiger partial charge is 0.200 e. The zero-order valence-electron chi connectivity index (χ0n) is 16.2. The van der Waals surface area contributed by atoms with Crippen LogP contribution < -0.4 is 0 Å². The van der Waals surface area contributed by atoms with Crippen LogP contribution in [0.2, 0.25) is 16.6 Å². The molecule has 0 radical (unpaired) electrons. The van der Waals surface area contributed by atoms with E-state index in [9.17, 15) is 10.2 Å². The lowest BCUT2D eigenvalue weighted by Crippen LogP contribution is -2.49. The normalized spacial score (nSPS) is 15.3. The Morgan fingerprint density at radius 2 is 1.33 bits per heavy atom. The first-order valence-electron chi connectivity index (χ1n) is 9.24. The Morgan fingerprint density at radius 3 is 1.79 bits per heavy atom. The van der Waals surface area contributed by atoms with Gasteiger partial charge >= 0.3 is 0 Å².